The molecular weight excluding hydrogens is 503 g/mol. The van der Waals surface area contributed by atoms with E-state index in [9.17, 15) is 13.2 Å². The van der Waals surface area contributed by atoms with E-state index in [1.54, 1.807) is 6.92 Å². The van der Waals surface area contributed by atoms with E-state index in [0.29, 0.717) is 43.7 Å². The highest BCUT2D eigenvalue weighted by atomic mass is 35.5. The van der Waals surface area contributed by atoms with Crippen molar-refractivity contribution >= 4 is 27.4 Å². The SMILES string of the molecule is CC1=C(C(=O)OCCN(C)Cc2ccccc2)C(c2c(F)cccc2Cl)C2=C(CCCCS2(=O)=O)N1. The van der Waals surface area contributed by atoms with Gasteiger partial charge in [-0.3, -0.25) is 4.90 Å². The normalized spacial score (nSPS) is 19.5. The fourth-order valence-electron chi connectivity index (χ4n) is 4.81. The average molecular weight is 533 g/mol. The molecule has 2 aromatic carbocycles. The van der Waals surface area contributed by atoms with E-state index < -0.39 is 27.5 Å². The van der Waals surface area contributed by atoms with E-state index in [-0.39, 0.29) is 33.4 Å². The molecule has 0 fully saturated rings. The van der Waals surface area contributed by atoms with Gasteiger partial charge < -0.3 is 10.1 Å². The van der Waals surface area contributed by atoms with Gasteiger partial charge in [0.25, 0.3) is 0 Å². The second kappa shape index (κ2) is 11.2. The summed E-state index contributed by atoms with van der Waals surface area (Å²) in [6, 6.07) is 14.1. The number of esters is 1. The lowest BCUT2D eigenvalue weighted by molar-refractivity contribution is -0.139. The van der Waals surface area contributed by atoms with Gasteiger partial charge >= 0.3 is 5.97 Å². The minimum atomic E-state index is -3.77. The van der Waals surface area contributed by atoms with Gasteiger partial charge in [-0.2, -0.15) is 0 Å². The van der Waals surface area contributed by atoms with Crippen LogP contribution in [-0.2, 0) is 25.9 Å². The van der Waals surface area contributed by atoms with Gasteiger partial charge in [-0.15, -0.1) is 0 Å². The first-order valence-corrected chi connectivity index (χ1v) is 14.0. The van der Waals surface area contributed by atoms with Crippen LogP contribution in [0.15, 0.2) is 70.4 Å². The van der Waals surface area contributed by atoms with Crippen LogP contribution in [-0.4, -0.2) is 45.2 Å². The van der Waals surface area contributed by atoms with Crippen molar-refractivity contribution in [3.8, 4) is 0 Å². The highest BCUT2D eigenvalue weighted by Gasteiger charge is 2.43. The van der Waals surface area contributed by atoms with E-state index in [1.807, 2.05) is 42.3 Å². The maximum absolute atomic E-state index is 15.2. The molecule has 0 aliphatic carbocycles. The molecule has 9 heteroatoms. The van der Waals surface area contributed by atoms with Gasteiger partial charge in [0.05, 0.1) is 22.1 Å². The molecular formula is C27H30ClFN2O4S. The Hall–Kier alpha value is -2.68. The molecule has 0 saturated carbocycles. The summed E-state index contributed by atoms with van der Waals surface area (Å²) in [5, 5.41) is 3.18. The van der Waals surface area contributed by atoms with E-state index in [4.69, 9.17) is 16.3 Å². The van der Waals surface area contributed by atoms with Gasteiger partial charge in [-0.05, 0) is 50.9 Å². The zero-order chi connectivity index (χ0) is 25.9. The molecule has 36 heavy (non-hydrogen) atoms. The fourth-order valence-corrected chi connectivity index (χ4v) is 7.01. The third-order valence-electron chi connectivity index (χ3n) is 6.53. The Bertz CT molecular complexity index is 1290. The summed E-state index contributed by atoms with van der Waals surface area (Å²) < 4.78 is 47.5. The second-order valence-electron chi connectivity index (χ2n) is 9.21. The minimum Gasteiger partial charge on any atom is -0.461 e. The van der Waals surface area contributed by atoms with Crippen LogP contribution in [0.25, 0.3) is 0 Å². The number of halogens is 2. The number of hydrogen-bond donors (Lipinski definition) is 1. The molecule has 2 aliphatic rings. The Morgan fingerprint density at radius 3 is 2.64 bits per heavy atom. The van der Waals surface area contributed by atoms with Crippen LogP contribution in [0, 0.1) is 5.82 Å². The van der Waals surface area contributed by atoms with E-state index in [2.05, 4.69) is 5.32 Å². The first-order valence-electron chi connectivity index (χ1n) is 12.0. The number of allylic oxidation sites excluding steroid dienone is 3. The molecule has 2 aromatic rings. The van der Waals surface area contributed by atoms with Gasteiger partial charge in [0.1, 0.15) is 12.4 Å². The first kappa shape index (κ1) is 26.4. The molecule has 6 nitrogen and oxygen atoms in total. The highest BCUT2D eigenvalue weighted by Crippen LogP contribution is 2.46. The van der Waals surface area contributed by atoms with E-state index in [0.717, 1.165) is 5.56 Å². The number of sulfone groups is 1. The van der Waals surface area contributed by atoms with Crippen molar-refractivity contribution in [2.45, 2.75) is 38.6 Å². The lowest BCUT2D eigenvalue weighted by Crippen LogP contribution is -2.34. The third-order valence-corrected chi connectivity index (χ3v) is 8.83. The Kier molecular flexibility index (Phi) is 8.17. The number of carbonyl (C=O) groups is 1. The zero-order valence-corrected chi connectivity index (χ0v) is 22.0. The maximum atomic E-state index is 15.2. The van der Waals surface area contributed by atoms with Gasteiger partial charge in [-0.25, -0.2) is 17.6 Å². The van der Waals surface area contributed by atoms with E-state index in [1.165, 1.54) is 18.2 Å². The van der Waals surface area contributed by atoms with Crippen LogP contribution in [0.5, 0.6) is 0 Å². The van der Waals surface area contributed by atoms with Crippen molar-refractivity contribution in [2.75, 3.05) is 26.0 Å². The van der Waals surface area contributed by atoms with Gasteiger partial charge in [0.2, 0.25) is 0 Å². The molecule has 1 atom stereocenters. The van der Waals surface area contributed by atoms with Crippen LogP contribution >= 0.6 is 11.6 Å². The number of hydrogen-bond acceptors (Lipinski definition) is 6. The fraction of sp³-hybridized carbons (Fsp3) is 0.370. The molecule has 2 heterocycles. The zero-order valence-electron chi connectivity index (χ0n) is 20.4. The lowest BCUT2D eigenvalue weighted by Gasteiger charge is -2.32. The van der Waals surface area contributed by atoms with Crippen molar-refractivity contribution in [3.63, 3.8) is 0 Å². The number of nitrogens with one attached hydrogen (secondary N) is 1. The third kappa shape index (κ3) is 5.66. The number of rotatable bonds is 7. The molecule has 0 amide bonds. The lowest BCUT2D eigenvalue weighted by atomic mass is 9.85. The summed E-state index contributed by atoms with van der Waals surface area (Å²) >= 11 is 6.41. The quantitative estimate of drug-likeness (QED) is 0.510. The Morgan fingerprint density at radius 1 is 1.17 bits per heavy atom. The van der Waals surface area contributed by atoms with Crippen LogP contribution < -0.4 is 5.32 Å². The average Bonchev–Trinajstić information content (AvgIpc) is 2.96. The number of dihydropyridines is 1. The molecule has 192 valence electrons. The molecule has 0 radical (unpaired) electrons. The van der Waals surface area contributed by atoms with Crippen LogP contribution in [0.2, 0.25) is 5.02 Å². The molecule has 1 N–H and O–H groups in total. The summed E-state index contributed by atoms with van der Waals surface area (Å²) in [6.07, 6.45) is 1.64. The molecule has 1 unspecified atom stereocenters. The minimum absolute atomic E-state index is 0.0192. The van der Waals surface area contributed by atoms with Crippen molar-refractivity contribution < 1.29 is 22.3 Å². The number of benzene rings is 2. The Balaban J connectivity index is 1.62. The predicted molar refractivity (Wildman–Crippen MR) is 138 cm³/mol. The predicted octanol–water partition coefficient (Wildman–Crippen LogP) is 4.93. The van der Waals surface area contributed by atoms with Crippen LogP contribution in [0.3, 0.4) is 0 Å². The number of ether oxygens (including phenoxy) is 1. The standard InChI is InChI=1S/C27H30ClFN2O4S/c1-18-23(27(32)35-15-14-31(2)17-19-9-4-3-5-10-19)25(24-20(28)11-8-12-21(24)29)26-22(30-18)13-6-7-16-36(26,33)34/h3-5,8-12,25,30H,6-7,13-17H2,1-2H3. The largest absolute Gasteiger partial charge is 0.461 e. The maximum Gasteiger partial charge on any atom is 0.336 e. The second-order valence-corrected chi connectivity index (χ2v) is 11.7. The molecule has 0 bridgehead atoms. The molecule has 2 aliphatic heterocycles. The highest BCUT2D eigenvalue weighted by molar-refractivity contribution is 7.95. The monoisotopic (exact) mass is 532 g/mol. The summed E-state index contributed by atoms with van der Waals surface area (Å²) in [5.74, 6) is -2.60. The number of likely N-dealkylation sites (N-methyl/N-ethyl adjacent to an activating group) is 1. The molecule has 0 saturated heterocycles. The van der Waals surface area contributed by atoms with Crippen molar-refractivity contribution in [2.24, 2.45) is 0 Å². The summed E-state index contributed by atoms with van der Waals surface area (Å²) in [5.41, 5.74) is 2.11. The number of nitrogens with zero attached hydrogens (tertiary/aromatic N) is 1. The summed E-state index contributed by atoms with van der Waals surface area (Å²) in [7, 11) is -1.85. The molecule has 0 spiro atoms. The van der Waals surface area contributed by atoms with Crippen LogP contribution in [0.1, 0.15) is 43.2 Å². The summed E-state index contributed by atoms with van der Waals surface area (Å²) in [6.45, 7) is 2.93. The first-order chi connectivity index (χ1) is 17.2. The van der Waals surface area contributed by atoms with Crippen LogP contribution in [0.4, 0.5) is 4.39 Å². The summed E-state index contributed by atoms with van der Waals surface area (Å²) in [4.78, 5) is 15.4. The molecule has 4 rings (SSSR count). The Labute approximate surface area is 216 Å². The van der Waals surface area contributed by atoms with E-state index >= 15 is 4.39 Å². The van der Waals surface area contributed by atoms with Gasteiger partial charge in [0, 0.05) is 35.1 Å². The van der Waals surface area contributed by atoms with Crippen molar-refractivity contribution in [1.29, 1.82) is 0 Å². The van der Waals surface area contributed by atoms with Crippen molar-refractivity contribution in [1.82, 2.24) is 10.2 Å². The number of carbonyl (C=O) groups excluding carboxylic acids is 1. The molecule has 0 aromatic heterocycles. The van der Waals surface area contributed by atoms with Gasteiger partial charge in [-0.1, -0.05) is 48.0 Å². The smallest absolute Gasteiger partial charge is 0.336 e. The van der Waals surface area contributed by atoms with Crippen molar-refractivity contribution in [3.05, 3.63) is 92.4 Å². The Morgan fingerprint density at radius 2 is 1.92 bits per heavy atom. The topological polar surface area (TPSA) is 75.7 Å². The van der Waals surface area contributed by atoms with Gasteiger partial charge in [0.15, 0.2) is 9.84 Å².